The third-order valence-corrected chi connectivity index (χ3v) is 8.73. The van der Waals surface area contributed by atoms with E-state index >= 15 is 0 Å². The van der Waals surface area contributed by atoms with Crippen LogP contribution in [0.2, 0.25) is 0 Å². The van der Waals surface area contributed by atoms with Crippen LogP contribution in [0.25, 0.3) is 21.8 Å². The number of carbonyl (C=O) groups is 1. The van der Waals surface area contributed by atoms with E-state index in [1.165, 1.54) is 16.5 Å². The highest BCUT2D eigenvalue weighted by atomic mass is 16.2. The molecule has 3 aromatic heterocycles. The predicted octanol–water partition coefficient (Wildman–Crippen LogP) is 5.47. The van der Waals surface area contributed by atoms with Crippen LogP contribution in [0.15, 0.2) is 91.3 Å². The smallest absolute Gasteiger partial charge is 0.224 e. The Bertz CT molecular complexity index is 1830. The van der Waals surface area contributed by atoms with Crippen molar-refractivity contribution < 1.29 is 4.79 Å². The summed E-state index contributed by atoms with van der Waals surface area (Å²) in [5.74, 6) is 1.74. The molecule has 43 heavy (non-hydrogen) atoms. The van der Waals surface area contributed by atoms with E-state index in [0.29, 0.717) is 19.5 Å². The lowest BCUT2D eigenvalue weighted by Gasteiger charge is -2.26. The van der Waals surface area contributed by atoms with Crippen LogP contribution in [0.3, 0.4) is 0 Å². The van der Waals surface area contributed by atoms with Gasteiger partial charge in [-0.05, 0) is 54.6 Å². The molecular weight excluding hydrogens is 534 g/mol. The molecule has 1 saturated heterocycles. The fraction of sp³-hybridized carbons (Fsp3) is 0.286. The molecule has 0 spiro atoms. The Kier molecular flexibility index (Phi) is 7.75. The van der Waals surface area contributed by atoms with E-state index in [2.05, 4.69) is 104 Å². The topological polar surface area (TPSA) is 103 Å². The van der Waals surface area contributed by atoms with Crippen molar-refractivity contribution in [2.75, 3.05) is 13.1 Å². The number of rotatable bonds is 10. The third kappa shape index (κ3) is 5.83. The number of H-pyrrole nitrogens is 2. The highest BCUT2D eigenvalue weighted by Gasteiger charge is 2.28. The summed E-state index contributed by atoms with van der Waals surface area (Å²) in [4.78, 5) is 20.4. The SMILES string of the molecule is O=C(N[C@H](Cc1c[nH]c2ccccc12)c1nnc(CCc2c[nH]c3ccccc23)n1Cc1ccccc1)C1CCCNC1. The van der Waals surface area contributed by atoms with Crippen molar-refractivity contribution >= 4 is 27.7 Å². The maximum Gasteiger partial charge on any atom is 0.224 e. The summed E-state index contributed by atoms with van der Waals surface area (Å²) in [6, 6.07) is 26.8. The lowest BCUT2D eigenvalue weighted by Crippen LogP contribution is -2.42. The molecular formula is C35H37N7O. The van der Waals surface area contributed by atoms with Gasteiger partial charge in [0, 0.05) is 53.6 Å². The molecule has 6 aromatic rings. The number of nitrogens with one attached hydrogen (secondary N) is 4. The van der Waals surface area contributed by atoms with E-state index in [4.69, 9.17) is 10.2 Å². The van der Waals surface area contributed by atoms with Gasteiger partial charge in [0.05, 0.1) is 18.5 Å². The molecule has 1 aliphatic heterocycles. The molecule has 0 bridgehead atoms. The zero-order valence-corrected chi connectivity index (χ0v) is 24.2. The largest absolute Gasteiger partial charge is 0.361 e. The van der Waals surface area contributed by atoms with Crippen LogP contribution in [-0.4, -0.2) is 43.7 Å². The van der Waals surface area contributed by atoms with Crippen LogP contribution < -0.4 is 10.6 Å². The number of benzene rings is 3. The first-order valence-corrected chi connectivity index (χ1v) is 15.3. The lowest BCUT2D eigenvalue weighted by molar-refractivity contribution is -0.126. The van der Waals surface area contributed by atoms with Gasteiger partial charge in [-0.1, -0.05) is 66.7 Å². The molecule has 8 heteroatoms. The number of hydrogen-bond donors (Lipinski definition) is 4. The van der Waals surface area contributed by atoms with Crippen LogP contribution in [0.1, 0.15) is 47.2 Å². The van der Waals surface area contributed by atoms with E-state index in [-0.39, 0.29) is 17.9 Å². The van der Waals surface area contributed by atoms with Gasteiger partial charge in [-0.25, -0.2) is 0 Å². The summed E-state index contributed by atoms with van der Waals surface area (Å²) >= 11 is 0. The second-order valence-electron chi connectivity index (χ2n) is 11.6. The van der Waals surface area contributed by atoms with Gasteiger partial charge >= 0.3 is 0 Å². The molecule has 1 unspecified atom stereocenters. The van der Waals surface area contributed by atoms with E-state index in [0.717, 1.165) is 65.9 Å². The standard InChI is InChI=1S/C35H37N7O/c43-35(26-11-8-18-36-20-26)39-32(19-27-22-38-31-15-7-5-13-29(27)31)34-41-40-33(42(34)23-24-9-2-1-3-10-24)17-16-25-21-37-30-14-6-4-12-28(25)30/h1-7,9-10,12-15,21-22,26,32,36-38H,8,11,16-20,23H2,(H,39,43)/t26?,32-/m1/s1. The van der Waals surface area contributed by atoms with Gasteiger partial charge in [-0.2, -0.15) is 0 Å². The number of para-hydroxylation sites is 2. The molecule has 0 aliphatic carbocycles. The molecule has 3 aromatic carbocycles. The Balaban J connectivity index is 1.24. The monoisotopic (exact) mass is 571 g/mol. The molecule has 1 fully saturated rings. The second kappa shape index (κ2) is 12.3. The number of piperidine rings is 1. The third-order valence-electron chi connectivity index (χ3n) is 8.73. The first-order chi connectivity index (χ1) is 21.2. The minimum Gasteiger partial charge on any atom is -0.361 e. The van der Waals surface area contributed by atoms with Crippen LogP contribution in [0, 0.1) is 5.92 Å². The number of aromatic amines is 2. The summed E-state index contributed by atoms with van der Waals surface area (Å²) < 4.78 is 2.23. The molecule has 8 nitrogen and oxygen atoms in total. The molecule has 0 radical (unpaired) electrons. The highest BCUT2D eigenvalue weighted by Crippen LogP contribution is 2.27. The van der Waals surface area contributed by atoms with Crippen molar-refractivity contribution in [3.63, 3.8) is 0 Å². The van der Waals surface area contributed by atoms with Gasteiger partial charge in [0.15, 0.2) is 5.82 Å². The van der Waals surface area contributed by atoms with Gasteiger partial charge in [-0.3, -0.25) is 4.79 Å². The lowest BCUT2D eigenvalue weighted by atomic mass is 9.97. The molecule has 7 rings (SSSR count). The van der Waals surface area contributed by atoms with Gasteiger partial charge in [0.2, 0.25) is 5.91 Å². The average molecular weight is 572 g/mol. The van der Waals surface area contributed by atoms with Crippen molar-refractivity contribution in [3.05, 3.63) is 120 Å². The van der Waals surface area contributed by atoms with E-state index in [1.807, 2.05) is 12.1 Å². The summed E-state index contributed by atoms with van der Waals surface area (Å²) in [7, 11) is 0. The Morgan fingerprint density at radius 1 is 0.860 bits per heavy atom. The maximum atomic E-state index is 13.6. The normalized spacial score (nSPS) is 16.0. The van der Waals surface area contributed by atoms with Crippen molar-refractivity contribution in [1.29, 1.82) is 0 Å². The maximum absolute atomic E-state index is 13.6. The summed E-state index contributed by atoms with van der Waals surface area (Å²) in [5.41, 5.74) is 5.81. The minimum atomic E-state index is -0.327. The van der Waals surface area contributed by atoms with Crippen LogP contribution >= 0.6 is 0 Å². The molecule has 4 heterocycles. The number of aromatic nitrogens is 5. The molecule has 4 N–H and O–H groups in total. The Morgan fingerprint density at radius 3 is 2.30 bits per heavy atom. The van der Waals surface area contributed by atoms with Crippen LogP contribution in [0.5, 0.6) is 0 Å². The average Bonchev–Trinajstić information content (AvgIpc) is 3.78. The minimum absolute atomic E-state index is 0.0499. The zero-order chi connectivity index (χ0) is 29.0. The van der Waals surface area contributed by atoms with E-state index in [9.17, 15) is 4.79 Å². The highest BCUT2D eigenvalue weighted by molar-refractivity contribution is 5.84. The summed E-state index contributed by atoms with van der Waals surface area (Å²) in [5, 5.41) is 18.8. The van der Waals surface area contributed by atoms with Crippen molar-refractivity contribution in [1.82, 2.24) is 35.4 Å². The summed E-state index contributed by atoms with van der Waals surface area (Å²) in [6.45, 7) is 2.31. The fourth-order valence-electron chi connectivity index (χ4n) is 6.41. The molecule has 218 valence electrons. The fourth-order valence-corrected chi connectivity index (χ4v) is 6.41. The quantitative estimate of drug-likeness (QED) is 0.175. The number of carbonyl (C=O) groups excluding carboxylic acids is 1. The first kappa shape index (κ1) is 27.2. The predicted molar refractivity (Wildman–Crippen MR) is 170 cm³/mol. The Labute approximate surface area is 250 Å². The van der Waals surface area contributed by atoms with Crippen molar-refractivity contribution in [2.45, 2.75) is 44.7 Å². The van der Waals surface area contributed by atoms with Gasteiger partial charge in [-0.15, -0.1) is 10.2 Å². The number of aryl methyl sites for hydroxylation is 2. The molecule has 1 aliphatic rings. The van der Waals surface area contributed by atoms with Crippen molar-refractivity contribution in [2.24, 2.45) is 5.92 Å². The first-order valence-electron chi connectivity index (χ1n) is 15.3. The number of nitrogens with zero attached hydrogens (tertiary/aromatic N) is 3. The van der Waals surface area contributed by atoms with Crippen LogP contribution in [-0.2, 0) is 30.6 Å². The van der Waals surface area contributed by atoms with Gasteiger partial charge in [0.1, 0.15) is 5.82 Å². The number of amides is 1. The van der Waals surface area contributed by atoms with E-state index in [1.54, 1.807) is 0 Å². The molecule has 2 atom stereocenters. The molecule has 1 amide bonds. The zero-order valence-electron chi connectivity index (χ0n) is 24.2. The Morgan fingerprint density at radius 2 is 1.56 bits per heavy atom. The Hall–Kier alpha value is -4.69. The second-order valence-corrected chi connectivity index (χ2v) is 11.6. The van der Waals surface area contributed by atoms with Crippen LogP contribution in [0.4, 0.5) is 0 Å². The van der Waals surface area contributed by atoms with Gasteiger partial charge in [0.25, 0.3) is 0 Å². The molecule has 0 saturated carbocycles. The summed E-state index contributed by atoms with van der Waals surface area (Å²) in [6.07, 6.45) is 8.25. The van der Waals surface area contributed by atoms with Crippen molar-refractivity contribution in [3.8, 4) is 0 Å². The number of hydrogen-bond acceptors (Lipinski definition) is 4. The van der Waals surface area contributed by atoms with E-state index < -0.39 is 0 Å². The van der Waals surface area contributed by atoms with Gasteiger partial charge < -0.3 is 25.2 Å². The number of fused-ring (bicyclic) bond motifs is 2.